The van der Waals surface area contributed by atoms with Gasteiger partial charge in [-0.1, -0.05) is 80.6 Å². The highest BCUT2D eigenvalue weighted by atomic mass is 16.6. The zero-order valence-corrected chi connectivity index (χ0v) is 18.1. The minimum atomic E-state index is -0.966. The molecule has 1 atom stereocenters. The molecule has 1 saturated carbocycles. The molecule has 0 bridgehead atoms. The fourth-order valence-electron chi connectivity index (χ4n) is 5.18. The Bertz CT molecular complexity index is 889. The highest BCUT2D eigenvalue weighted by Crippen LogP contribution is 2.44. The van der Waals surface area contributed by atoms with Gasteiger partial charge in [0.1, 0.15) is 12.6 Å². The number of aliphatic carboxylic acids is 1. The van der Waals surface area contributed by atoms with Gasteiger partial charge in [-0.15, -0.1) is 0 Å². The van der Waals surface area contributed by atoms with Crippen molar-refractivity contribution < 1.29 is 19.4 Å². The van der Waals surface area contributed by atoms with E-state index in [9.17, 15) is 14.7 Å². The van der Waals surface area contributed by atoms with Crippen LogP contribution in [0.1, 0.15) is 62.0 Å². The number of likely N-dealkylation sites (N-methyl/N-ethyl adjacent to an activating group) is 1. The van der Waals surface area contributed by atoms with E-state index in [0.29, 0.717) is 12.3 Å². The van der Waals surface area contributed by atoms with Crippen molar-refractivity contribution in [1.29, 1.82) is 0 Å². The number of hydrogen-bond donors (Lipinski definition) is 1. The lowest BCUT2D eigenvalue weighted by molar-refractivity contribution is -0.142. The van der Waals surface area contributed by atoms with Crippen molar-refractivity contribution >= 4 is 12.1 Å². The van der Waals surface area contributed by atoms with Gasteiger partial charge < -0.3 is 9.84 Å². The third-order valence-electron chi connectivity index (χ3n) is 6.95. The first-order chi connectivity index (χ1) is 15.1. The van der Waals surface area contributed by atoms with Crippen LogP contribution in [-0.2, 0) is 9.53 Å². The summed E-state index contributed by atoms with van der Waals surface area (Å²) in [6.07, 6.45) is 6.81. The molecule has 31 heavy (non-hydrogen) atoms. The largest absolute Gasteiger partial charge is 0.480 e. The van der Waals surface area contributed by atoms with E-state index >= 15 is 0 Å². The van der Waals surface area contributed by atoms with Crippen LogP contribution < -0.4 is 0 Å². The Labute approximate surface area is 184 Å². The fraction of sp³-hybridized carbons (Fsp3) is 0.462. The van der Waals surface area contributed by atoms with Crippen LogP contribution in [0, 0.1) is 5.92 Å². The van der Waals surface area contributed by atoms with E-state index in [-0.39, 0.29) is 12.5 Å². The lowest BCUT2D eigenvalue weighted by atomic mass is 9.85. The van der Waals surface area contributed by atoms with Gasteiger partial charge in [0.25, 0.3) is 0 Å². The Morgan fingerprint density at radius 2 is 1.58 bits per heavy atom. The molecule has 2 aromatic rings. The molecule has 4 rings (SSSR count). The zero-order valence-electron chi connectivity index (χ0n) is 18.1. The molecule has 2 aromatic carbocycles. The summed E-state index contributed by atoms with van der Waals surface area (Å²) in [6.45, 7) is 0.201. The quantitative estimate of drug-likeness (QED) is 0.624. The topological polar surface area (TPSA) is 66.8 Å². The molecule has 2 aliphatic rings. The monoisotopic (exact) mass is 421 g/mol. The fourth-order valence-corrected chi connectivity index (χ4v) is 5.18. The molecule has 5 heteroatoms. The molecule has 5 nitrogen and oxygen atoms in total. The Morgan fingerprint density at radius 1 is 1.00 bits per heavy atom. The maximum Gasteiger partial charge on any atom is 0.410 e. The molecular weight excluding hydrogens is 390 g/mol. The first-order valence-corrected chi connectivity index (χ1v) is 11.4. The van der Waals surface area contributed by atoms with Crippen molar-refractivity contribution in [3.63, 3.8) is 0 Å². The normalized spacial score (nSPS) is 16.9. The van der Waals surface area contributed by atoms with E-state index in [2.05, 4.69) is 24.3 Å². The van der Waals surface area contributed by atoms with Gasteiger partial charge in [-0.3, -0.25) is 4.90 Å². The molecule has 1 N–H and O–H groups in total. The SMILES string of the molecule is CN(C(=O)OCC1c2ccccc2-c2ccccc21)C(CCC1CCCCC1)C(=O)O. The summed E-state index contributed by atoms with van der Waals surface area (Å²) in [6, 6.07) is 15.5. The molecule has 164 valence electrons. The maximum atomic E-state index is 12.8. The second-order valence-electron chi connectivity index (χ2n) is 8.85. The molecule has 0 aliphatic heterocycles. The Hall–Kier alpha value is -2.82. The predicted octanol–water partition coefficient (Wildman–Crippen LogP) is 5.68. The number of ether oxygens (including phenoxy) is 1. The zero-order chi connectivity index (χ0) is 21.8. The summed E-state index contributed by atoms with van der Waals surface area (Å²) in [4.78, 5) is 25.9. The summed E-state index contributed by atoms with van der Waals surface area (Å²) >= 11 is 0. The molecule has 0 aromatic heterocycles. The number of amides is 1. The predicted molar refractivity (Wildman–Crippen MR) is 120 cm³/mol. The van der Waals surface area contributed by atoms with Crippen LogP contribution in [0.2, 0.25) is 0 Å². The maximum absolute atomic E-state index is 12.8. The number of carboxylic acids is 1. The first kappa shape index (κ1) is 21.4. The highest BCUT2D eigenvalue weighted by Gasteiger charge is 2.32. The molecule has 1 unspecified atom stereocenters. The first-order valence-electron chi connectivity index (χ1n) is 11.4. The standard InChI is InChI=1S/C26H31NO4/c1-27(24(25(28)29)16-15-18-9-3-2-4-10-18)26(30)31-17-23-21-13-7-5-11-19(21)20-12-6-8-14-22(20)23/h5-8,11-14,18,23-24H,2-4,9-10,15-17H2,1H3,(H,28,29). The van der Waals surface area contributed by atoms with E-state index in [0.717, 1.165) is 17.5 Å². The molecule has 1 amide bonds. The third kappa shape index (κ3) is 4.60. The highest BCUT2D eigenvalue weighted by molar-refractivity contribution is 5.81. The number of carboxylic acid groups (broad SMARTS) is 1. The van der Waals surface area contributed by atoms with Crippen LogP contribution in [-0.4, -0.2) is 41.8 Å². The lowest BCUT2D eigenvalue weighted by Crippen LogP contribution is -2.43. The summed E-state index contributed by atoms with van der Waals surface area (Å²) in [5.41, 5.74) is 4.63. The van der Waals surface area contributed by atoms with E-state index in [1.807, 2.05) is 24.3 Å². The number of rotatable bonds is 7. The molecule has 0 saturated heterocycles. The number of carbonyl (C=O) groups is 2. The number of carbonyl (C=O) groups excluding carboxylic acids is 1. The van der Waals surface area contributed by atoms with Crippen molar-refractivity contribution in [1.82, 2.24) is 4.90 Å². The van der Waals surface area contributed by atoms with Crippen molar-refractivity contribution in [2.45, 2.75) is 56.9 Å². The average Bonchev–Trinajstić information content (AvgIpc) is 3.11. The van der Waals surface area contributed by atoms with E-state index < -0.39 is 18.1 Å². The third-order valence-corrected chi connectivity index (χ3v) is 6.95. The second-order valence-corrected chi connectivity index (χ2v) is 8.85. The number of hydrogen-bond acceptors (Lipinski definition) is 3. The lowest BCUT2D eigenvalue weighted by Gasteiger charge is -2.28. The molecule has 0 spiro atoms. The smallest absolute Gasteiger partial charge is 0.410 e. The van der Waals surface area contributed by atoms with Gasteiger partial charge in [0, 0.05) is 13.0 Å². The van der Waals surface area contributed by atoms with Crippen molar-refractivity contribution in [2.24, 2.45) is 5.92 Å². The Balaban J connectivity index is 1.39. The van der Waals surface area contributed by atoms with E-state index in [1.165, 1.54) is 48.1 Å². The van der Waals surface area contributed by atoms with Crippen LogP contribution in [0.25, 0.3) is 11.1 Å². The van der Waals surface area contributed by atoms with Crippen LogP contribution in [0.4, 0.5) is 4.79 Å². The van der Waals surface area contributed by atoms with Gasteiger partial charge in [0.05, 0.1) is 0 Å². The molecule has 0 radical (unpaired) electrons. The average molecular weight is 422 g/mol. The number of nitrogens with zero attached hydrogens (tertiary/aromatic N) is 1. The molecule has 1 fully saturated rings. The molecule has 2 aliphatic carbocycles. The van der Waals surface area contributed by atoms with Gasteiger partial charge in [0.2, 0.25) is 0 Å². The van der Waals surface area contributed by atoms with Gasteiger partial charge in [-0.05, 0) is 41.0 Å². The van der Waals surface area contributed by atoms with Gasteiger partial charge in [-0.2, -0.15) is 0 Å². The van der Waals surface area contributed by atoms with Crippen LogP contribution in [0.15, 0.2) is 48.5 Å². The summed E-state index contributed by atoms with van der Waals surface area (Å²) in [5, 5.41) is 9.71. The number of benzene rings is 2. The van der Waals surface area contributed by atoms with Crippen molar-refractivity contribution in [3.05, 3.63) is 59.7 Å². The van der Waals surface area contributed by atoms with E-state index in [4.69, 9.17) is 4.74 Å². The van der Waals surface area contributed by atoms with Crippen molar-refractivity contribution in [2.75, 3.05) is 13.7 Å². The second kappa shape index (κ2) is 9.54. The minimum absolute atomic E-state index is 0.0322. The van der Waals surface area contributed by atoms with Gasteiger partial charge in [0.15, 0.2) is 0 Å². The van der Waals surface area contributed by atoms with Gasteiger partial charge >= 0.3 is 12.1 Å². The molecule has 0 heterocycles. The summed E-state index contributed by atoms with van der Waals surface area (Å²) in [7, 11) is 1.54. The Morgan fingerprint density at radius 3 is 2.16 bits per heavy atom. The Kier molecular flexibility index (Phi) is 6.59. The number of fused-ring (bicyclic) bond motifs is 3. The van der Waals surface area contributed by atoms with Crippen LogP contribution in [0.5, 0.6) is 0 Å². The minimum Gasteiger partial charge on any atom is -0.480 e. The van der Waals surface area contributed by atoms with Crippen LogP contribution >= 0.6 is 0 Å². The van der Waals surface area contributed by atoms with Crippen LogP contribution in [0.3, 0.4) is 0 Å². The summed E-state index contributed by atoms with van der Waals surface area (Å²) < 4.78 is 5.65. The van der Waals surface area contributed by atoms with Crippen molar-refractivity contribution in [3.8, 4) is 11.1 Å². The van der Waals surface area contributed by atoms with E-state index in [1.54, 1.807) is 7.05 Å². The summed E-state index contributed by atoms with van der Waals surface area (Å²) in [5.74, 6) is -0.423. The van der Waals surface area contributed by atoms with Gasteiger partial charge in [-0.25, -0.2) is 9.59 Å². The molecular formula is C26H31NO4.